The lowest BCUT2D eigenvalue weighted by Crippen LogP contribution is -2.29. The Balaban J connectivity index is 1.19. The maximum absolute atomic E-state index is 13.6. The van der Waals surface area contributed by atoms with Crippen molar-refractivity contribution in [1.82, 2.24) is 10.0 Å². The molecule has 238 valence electrons. The summed E-state index contributed by atoms with van der Waals surface area (Å²) in [5, 5.41) is 3.22. The number of benzene rings is 3. The zero-order chi connectivity index (χ0) is 32.0. The van der Waals surface area contributed by atoms with E-state index in [-0.39, 0.29) is 56.3 Å². The molecule has 0 spiro atoms. The fourth-order valence-electron chi connectivity index (χ4n) is 5.14. The fourth-order valence-corrected chi connectivity index (χ4v) is 6.29. The van der Waals surface area contributed by atoms with Gasteiger partial charge >= 0.3 is 5.97 Å². The van der Waals surface area contributed by atoms with Gasteiger partial charge in [0.05, 0.1) is 50.4 Å². The van der Waals surface area contributed by atoms with Gasteiger partial charge < -0.3 is 23.9 Å². The van der Waals surface area contributed by atoms with E-state index < -0.39 is 21.8 Å². The number of rotatable bonds is 15. The van der Waals surface area contributed by atoms with E-state index >= 15 is 0 Å². The first-order valence-corrected chi connectivity index (χ1v) is 16.2. The van der Waals surface area contributed by atoms with Gasteiger partial charge in [-0.15, -0.1) is 0 Å². The fraction of sp³-hybridized carbons (Fsp3) is 0.333. The van der Waals surface area contributed by atoms with Crippen LogP contribution in [0.5, 0.6) is 0 Å². The third-order valence-electron chi connectivity index (χ3n) is 7.49. The molecule has 0 atom stereocenters. The third-order valence-corrected chi connectivity index (χ3v) is 8.83. The first-order chi connectivity index (χ1) is 21.7. The average Bonchev–Trinajstić information content (AvgIpc) is 3.82. The molecule has 10 nitrogen and oxygen atoms in total. The number of halogens is 1. The lowest BCUT2D eigenvalue weighted by Gasteiger charge is -2.12. The molecule has 2 N–H and O–H groups in total. The van der Waals surface area contributed by atoms with E-state index in [1.165, 1.54) is 38.4 Å². The van der Waals surface area contributed by atoms with Crippen LogP contribution >= 0.6 is 0 Å². The van der Waals surface area contributed by atoms with Crippen molar-refractivity contribution < 1.29 is 41.0 Å². The lowest BCUT2D eigenvalue weighted by molar-refractivity contribution is 0.0414. The Bertz CT molecular complexity index is 1780. The van der Waals surface area contributed by atoms with E-state index in [4.69, 9.17) is 18.6 Å². The van der Waals surface area contributed by atoms with E-state index in [9.17, 15) is 22.4 Å². The van der Waals surface area contributed by atoms with Gasteiger partial charge in [-0.2, -0.15) is 0 Å². The number of esters is 1. The molecule has 5 rings (SSSR count). The molecule has 1 aliphatic rings. The quantitative estimate of drug-likeness (QED) is 0.139. The van der Waals surface area contributed by atoms with E-state index in [1.807, 2.05) is 6.07 Å². The molecule has 45 heavy (non-hydrogen) atoms. The zero-order valence-corrected chi connectivity index (χ0v) is 25.9. The molecular weight excluding hydrogens is 603 g/mol. The van der Waals surface area contributed by atoms with Crippen LogP contribution in [0.3, 0.4) is 0 Å². The van der Waals surface area contributed by atoms with Crippen LogP contribution in [0.25, 0.3) is 22.3 Å². The molecule has 1 aliphatic carbocycles. The lowest BCUT2D eigenvalue weighted by atomic mass is 9.98. The highest BCUT2D eigenvalue weighted by molar-refractivity contribution is 7.88. The molecule has 1 heterocycles. The summed E-state index contributed by atoms with van der Waals surface area (Å²) in [6.07, 6.45) is 1.85. The van der Waals surface area contributed by atoms with Crippen molar-refractivity contribution in [2.75, 3.05) is 40.5 Å². The first kappa shape index (κ1) is 32.3. The van der Waals surface area contributed by atoms with Gasteiger partial charge in [-0.25, -0.2) is 22.3 Å². The first-order valence-electron chi connectivity index (χ1n) is 14.6. The molecule has 1 aromatic heterocycles. The molecule has 1 saturated carbocycles. The average molecular weight is 639 g/mol. The number of hydrogen-bond donors (Lipinski definition) is 2. The normalized spacial score (nSPS) is 13.2. The summed E-state index contributed by atoms with van der Waals surface area (Å²) in [4.78, 5) is 24.8. The predicted octanol–water partition coefficient (Wildman–Crippen LogP) is 4.92. The van der Waals surface area contributed by atoms with Gasteiger partial charge in [0.25, 0.3) is 5.91 Å². The summed E-state index contributed by atoms with van der Waals surface area (Å²) in [6, 6.07) is 16.2. The highest BCUT2D eigenvalue weighted by Crippen LogP contribution is 2.45. The smallest absolute Gasteiger partial charge is 0.338 e. The molecular formula is C33H35FN2O8S. The summed E-state index contributed by atoms with van der Waals surface area (Å²) >= 11 is 0. The standard InChI is InChI=1S/C33H35FN2O8S/c1-35-32(37)30-28-18-27(21-7-8-21)24(17-29(28)44-31(30)22-9-11-25(34)12-10-22)20-45(39,40)36-13-14-42-15-16-43-19-23-5-3-4-6-26(23)33(38)41-2/h3-6,9-12,17-18,21,36H,7-8,13-16,19-20H2,1-2H3,(H,35,37). The molecule has 1 fully saturated rings. The predicted molar refractivity (Wildman–Crippen MR) is 166 cm³/mol. The Hall–Kier alpha value is -4.10. The van der Waals surface area contributed by atoms with Crippen LogP contribution in [0.15, 0.2) is 65.1 Å². The molecule has 3 aromatic carbocycles. The molecule has 4 aromatic rings. The minimum absolute atomic E-state index is 0.0742. The van der Waals surface area contributed by atoms with Crippen LogP contribution in [0, 0.1) is 5.82 Å². The summed E-state index contributed by atoms with van der Waals surface area (Å²) in [5.41, 5.74) is 3.83. The number of carbonyl (C=O) groups is 2. The minimum atomic E-state index is -3.73. The number of fused-ring (bicyclic) bond motifs is 1. The maximum Gasteiger partial charge on any atom is 0.338 e. The zero-order valence-electron chi connectivity index (χ0n) is 25.1. The van der Waals surface area contributed by atoms with Crippen molar-refractivity contribution in [2.24, 2.45) is 0 Å². The van der Waals surface area contributed by atoms with E-state index in [2.05, 4.69) is 10.0 Å². The number of amides is 1. The topological polar surface area (TPSA) is 133 Å². The number of hydrogen-bond acceptors (Lipinski definition) is 8. The molecule has 0 unspecified atom stereocenters. The largest absolute Gasteiger partial charge is 0.465 e. The summed E-state index contributed by atoms with van der Waals surface area (Å²) in [5.74, 6) is -0.978. The van der Waals surface area contributed by atoms with Gasteiger partial charge in [-0.05, 0) is 77.9 Å². The van der Waals surface area contributed by atoms with Crippen molar-refractivity contribution in [1.29, 1.82) is 0 Å². The number of methoxy groups -OCH3 is 1. The van der Waals surface area contributed by atoms with Crippen LogP contribution < -0.4 is 10.0 Å². The highest BCUT2D eigenvalue weighted by atomic mass is 32.2. The Morgan fingerprint density at radius 2 is 1.71 bits per heavy atom. The van der Waals surface area contributed by atoms with E-state index in [0.717, 1.165) is 18.4 Å². The molecule has 0 radical (unpaired) electrons. The van der Waals surface area contributed by atoms with Gasteiger partial charge in [0.2, 0.25) is 10.0 Å². The SMILES string of the molecule is CNC(=O)c1c(-c2ccc(F)cc2)oc2cc(CS(=O)(=O)NCCOCCOCc3ccccc3C(=O)OC)c(C3CC3)cc12. The summed E-state index contributed by atoms with van der Waals surface area (Å²) in [7, 11) is -0.886. The molecule has 0 bridgehead atoms. The van der Waals surface area contributed by atoms with Gasteiger partial charge in [-0.1, -0.05) is 18.2 Å². The van der Waals surface area contributed by atoms with Crippen molar-refractivity contribution >= 4 is 32.9 Å². The van der Waals surface area contributed by atoms with Gasteiger partial charge in [0.15, 0.2) is 0 Å². The molecule has 0 saturated heterocycles. The number of sulfonamides is 1. The Morgan fingerprint density at radius 3 is 2.42 bits per heavy atom. The van der Waals surface area contributed by atoms with Crippen LogP contribution in [0.4, 0.5) is 4.39 Å². The number of carbonyl (C=O) groups excluding carboxylic acids is 2. The number of ether oxygens (including phenoxy) is 3. The highest BCUT2D eigenvalue weighted by Gasteiger charge is 2.31. The second-order valence-electron chi connectivity index (χ2n) is 10.7. The minimum Gasteiger partial charge on any atom is -0.465 e. The van der Waals surface area contributed by atoms with Gasteiger partial charge in [-0.3, -0.25) is 4.79 Å². The van der Waals surface area contributed by atoms with Crippen LogP contribution in [-0.4, -0.2) is 60.8 Å². The molecule has 1 amide bonds. The Labute approximate surface area is 260 Å². The molecule has 12 heteroatoms. The Morgan fingerprint density at radius 1 is 0.978 bits per heavy atom. The van der Waals surface area contributed by atoms with E-state index in [0.29, 0.717) is 38.8 Å². The third kappa shape index (κ3) is 7.95. The van der Waals surface area contributed by atoms with Crippen molar-refractivity contribution in [3.05, 3.63) is 94.3 Å². The monoisotopic (exact) mass is 638 g/mol. The van der Waals surface area contributed by atoms with Crippen molar-refractivity contribution in [3.8, 4) is 11.3 Å². The van der Waals surface area contributed by atoms with Crippen LogP contribution in [0.1, 0.15) is 56.2 Å². The summed E-state index contributed by atoms with van der Waals surface area (Å²) < 4.78 is 64.3. The summed E-state index contributed by atoms with van der Waals surface area (Å²) in [6.45, 7) is 0.928. The molecule has 0 aliphatic heterocycles. The number of nitrogens with one attached hydrogen (secondary N) is 2. The number of furan rings is 1. The van der Waals surface area contributed by atoms with Crippen molar-refractivity contribution in [3.63, 3.8) is 0 Å². The second kappa shape index (κ2) is 14.3. The Kier molecular flexibility index (Phi) is 10.3. The maximum atomic E-state index is 13.6. The van der Waals surface area contributed by atoms with Crippen molar-refractivity contribution in [2.45, 2.75) is 31.1 Å². The van der Waals surface area contributed by atoms with Gasteiger partial charge in [0.1, 0.15) is 17.2 Å². The van der Waals surface area contributed by atoms with Gasteiger partial charge in [0, 0.05) is 24.5 Å². The van der Waals surface area contributed by atoms with E-state index in [1.54, 1.807) is 30.3 Å². The van der Waals surface area contributed by atoms with Crippen LogP contribution in [0.2, 0.25) is 0 Å². The van der Waals surface area contributed by atoms with Crippen LogP contribution in [-0.2, 0) is 36.6 Å². The second-order valence-corrected chi connectivity index (χ2v) is 12.5.